The van der Waals surface area contributed by atoms with Crippen molar-refractivity contribution >= 4 is 11.0 Å². The minimum Gasteiger partial charge on any atom is -0.458 e. The molecule has 1 aliphatic rings. The lowest BCUT2D eigenvalue weighted by Gasteiger charge is -2.28. The van der Waals surface area contributed by atoms with Crippen molar-refractivity contribution in [2.45, 2.75) is 45.6 Å². The summed E-state index contributed by atoms with van der Waals surface area (Å²) in [5.74, 6) is 1.90. The van der Waals surface area contributed by atoms with Crippen molar-refractivity contribution < 1.29 is 9.52 Å². The summed E-state index contributed by atoms with van der Waals surface area (Å²) in [7, 11) is 0. The van der Waals surface area contributed by atoms with Crippen LogP contribution in [0.5, 0.6) is 0 Å². The van der Waals surface area contributed by atoms with Gasteiger partial charge >= 0.3 is 0 Å². The lowest BCUT2D eigenvalue weighted by atomic mass is 9.79. The smallest absolute Gasteiger partial charge is 0.137 e. The van der Waals surface area contributed by atoms with Gasteiger partial charge in [0.25, 0.3) is 0 Å². The number of rotatable bonds is 2. The van der Waals surface area contributed by atoms with Gasteiger partial charge in [-0.25, -0.2) is 0 Å². The molecule has 19 heavy (non-hydrogen) atoms. The van der Waals surface area contributed by atoms with E-state index >= 15 is 0 Å². The maximum absolute atomic E-state index is 10.5. The van der Waals surface area contributed by atoms with Crippen LogP contribution >= 0.6 is 0 Å². The van der Waals surface area contributed by atoms with Crippen LogP contribution in [0.2, 0.25) is 0 Å². The Morgan fingerprint density at radius 1 is 1.21 bits per heavy atom. The quantitative estimate of drug-likeness (QED) is 0.854. The van der Waals surface area contributed by atoms with E-state index in [-0.39, 0.29) is 0 Å². The number of furan rings is 1. The Hall–Kier alpha value is -1.28. The Kier molecular flexibility index (Phi) is 3.36. The highest BCUT2D eigenvalue weighted by molar-refractivity contribution is 5.80. The van der Waals surface area contributed by atoms with Gasteiger partial charge in [0.1, 0.15) is 17.4 Å². The van der Waals surface area contributed by atoms with E-state index in [1.165, 1.54) is 12.8 Å². The maximum atomic E-state index is 10.5. The van der Waals surface area contributed by atoms with Crippen molar-refractivity contribution in [3.8, 4) is 0 Å². The summed E-state index contributed by atoms with van der Waals surface area (Å²) in [5, 5.41) is 11.6. The fraction of sp³-hybridized carbons (Fsp3) is 0.529. The topological polar surface area (TPSA) is 33.4 Å². The third-order valence-corrected chi connectivity index (χ3v) is 4.56. The second-order valence-corrected chi connectivity index (χ2v) is 6.11. The Morgan fingerprint density at radius 3 is 2.63 bits per heavy atom. The molecule has 3 rings (SSSR count). The van der Waals surface area contributed by atoms with Gasteiger partial charge in [0.15, 0.2) is 0 Å². The molecule has 0 saturated heterocycles. The van der Waals surface area contributed by atoms with Crippen molar-refractivity contribution in [2.75, 3.05) is 0 Å². The van der Waals surface area contributed by atoms with Gasteiger partial charge in [-0.15, -0.1) is 0 Å². The molecule has 1 heterocycles. The van der Waals surface area contributed by atoms with Crippen LogP contribution in [0.1, 0.15) is 50.0 Å². The zero-order valence-electron chi connectivity index (χ0n) is 11.7. The van der Waals surface area contributed by atoms with Gasteiger partial charge in [-0.3, -0.25) is 0 Å². The van der Waals surface area contributed by atoms with Gasteiger partial charge in [0.05, 0.1) is 0 Å². The van der Waals surface area contributed by atoms with Gasteiger partial charge < -0.3 is 9.52 Å². The zero-order chi connectivity index (χ0) is 13.4. The van der Waals surface area contributed by atoms with Crippen LogP contribution in [0.15, 0.2) is 28.7 Å². The summed E-state index contributed by atoms with van der Waals surface area (Å²) in [6.45, 7) is 4.34. The van der Waals surface area contributed by atoms with Crippen LogP contribution in [-0.4, -0.2) is 5.11 Å². The molecule has 1 fully saturated rings. The number of benzene rings is 1. The molecule has 1 aromatic carbocycles. The standard InChI is InChI=1S/C17H22O2/c1-11-6-8-13(9-7-11)16(18)15-10-14-5-3-4-12(2)17(14)19-15/h3-5,10-11,13,16,18H,6-9H2,1-2H3. The average molecular weight is 258 g/mol. The maximum Gasteiger partial charge on any atom is 0.137 e. The predicted molar refractivity (Wildman–Crippen MR) is 77.0 cm³/mol. The highest BCUT2D eigenvalue weighted by Crippen LogP contribution is 2.38. The Labute approximate surface area is 114 Å². The van der Waals surface area contributed by atoms with Crippen LogP contribution in [-0.2, 0) is 0 Å². The largest absolute Gasteiger partial charge is 0.458 e. The van der Waals surface area contributed by atoms with Crippen molar-refractivity contribution in [1.82, 2.24) is 0 Å². The Bertz CT molecular complexity index is 562. The lowest BCUT2D eigenvalue weighted by Crippen LogP contribution is -2.18. The average Bonchev–Trinajstić information content (AvgIpc) is 2.84. The summed E-state index contributed by atoms with van der Waals surface area (Å²) in [6, 6.07) is 8.13. The highest BCUT2D eigenvalue weighted by atomic mass is 16.4. The minimum atomic E-state index is -0.445. The van der Waals surface area contributed by atoms with Gasteiger partial charge in [-0.1, -0.05) is 38.0 Å². The Balaban J connectivity index is 1.85. The number of hydrogen-bond donors (Lipinski definition) is 1. The van der Waals surface area contributed by atoms with Crippen molar-refractivity contribution in [2.24, 2.45) is 11.8 Å². The van der Waals surface area contributed by atoms with Gasteiger partial charge in [0.2, 0.25) is 0 Å². The third-order valence-electron chi connectivity index (χ3n) is 4.56. The highest BCUT2D eigenvalue weighted by Gasteiger charge is 2.28. The first-order chi connectivity index (χ1) is 9.15. The summed E-state index contributed by atoms with van der Waals surface area (Å²) >= 11 is 0. The molecule has 0 bridgehead atoms. The number of fused-ring (bicyclic) bond motifs is 1. The molecule has 1 aliphatic carbocycles. The number of hydrogen-bond acceptors (Lipinski definition) is 2. The first-order valence-corrected chi connectivity index (χ1v) is 7.32. The molecular formula is C17H22O2. The van der Waals surface area contributed by atoms with Crippen molar-refractivity contribution in [3.63, 3.8) is 0 Å². The minimum absolute atomic E-state index is 0.358. The molecule has 1 N–H and O–H groups in total. The van der Waals surface area contributed by atoms with E-state index in [9.17, 15) is 5.11 Å². The molecule has 102 valence electrons. The monoisotopic (exact) mass is 258 g/mol. The second kappa shape index (κ2) is 5.01. The van der Waals surface area contributed by atoms with Gasteiger partial charge in [-0.2, -0.15) is 0 Å². The third kappa shape index (κ3) is 2.42. The van der Waals surface area contributed by atoms with E-state index in [2.05, 4.69) is 6.92 Å². The SMILES string of the molecule is Cc1cccc2cc(C(O)C3CCC(C)CC3)oc12. The number of para-hydroxylation sites is 1. The molecule has 1 unspecified atom stereocenters. The van der Waals surface area contributed by atoms with Crippen molar-refractivity contribution in [3.05, 3.63) is 35.6 Å². The second-order valence-electron chi connectivity index (χ2n) is 6.11. The fourth-order valence-electron chi connectivity index (χ4n) is 3.21. The summed E-state index contributed by atoms with van der Waals surface area (Å²) in [5.41, 5.74) is 2.05. The summed E-state index contributed by atoms with van der Waals surface area (Å²) < 4.78 is 5.89. The van der Waals surface area contributed by atoms with Crippen LogP contribution in [0, 0.1) is 18.8 Å². The van der Waals surface area contributed by atoms with E-state index in [1.54, 1.807) is 0 Å². The van der Waals surface area contributed by atoms with Crippen molar-refractivity contribution in [1.29, 1.82) is 0 Å². The van der Waals surface area contributed by atoms with E-state index in [1.807, 2.05) is 31.2 Å². The summed E-state index contributed by atoms with van der Waals surface area (Å²) in [4.78, 5) is 0. The number of aryl methyl sites for hydroxylation is 1. The van der Waals surface area contributed by atoms with Gasteiger partial charge in [-0.05, 0) is 43.2 Å². The molecule has 2 heteroatoms. The van der Waals surface area contributed by atoms with Crippen LogP contribution in [0.4, 0.5) is 0 Å². The van der Waals surface area contributed by atoms with Crippen LogP contribution in [0.25, 0.3) is 11.0 Å². The van der Waals surface area contributed by atoms with E-state index in [0.717, 1.165) is 41.1 Å². The molecule has 2 nitrogen and oxygen atoms in total. The van der Waals surface area contributed by atoms with Crippen LogP contribution in [0.3, 0.4) is 0 Å². The molecule has 1 saturated carbocycles. The Morgan fingerprint density at radius 2 is 1.95 bits per heavy atom. The first kappa shape index (κ1) is 12.7. The molecular weight excluding hydrogens is 236 g/mol. The predicted octanol–water partition coefficient (Wildman–Crippen LogP) is 4.60. The number of aliphatic hydroxyl groups is 1. The lowest BCUT2D eigenvalue weighted by molar-refractivity contribution is 0.0588. The van der Waals surface area contributed by atoms with E-state index in [4.69, 9.17) is 4.42 Å². The zero-order valence-corrected chi connectivity index (χ0v) is 11.7. The van der Waals surface area contributed by atoms with Crippen LogP contribution < -0.4 is 0 Å². The summed E-state index contributed by atoms with van der Waals surface area (Å²) in [6.07, 6.45) is 4.22. The van der Waals surface area contributed by atoms with Gasteiger partial charge in [0, 0.05) is 5.39 Å². The molecule has 1 atom stereocenters. The number of aliphatic hydroxyl groups excluding tert-OH is 1. The van der Waals surface area contributed by atoms with E-state index < -0.39 is 6.10 Å². The fourth-order valence-corrected chi connectivity index (χ4v) is 3.21. The first-order valence-electron chi connectivity index (χ1n) is 7.32. The normalized spacial score (nSPS) is 25.6. The molecule has 0 amide bonds. The van der Waals surface area contributed by atoms with E-state index in [0.29, 0.717) is 5.92 Å². The molecule has 1 aromatic heterocycles. The molecule has 0 radical (unpaired) electrons. The molecule has 0 spiro atoms. The molecule has 2 aromatic rings. The molecule has 0 aliphatic heterocycles.